The topological polar surface area (TPSA) is 0 Å². The molecule has 1 aromatic carbocycles. The van der Waals surface area contributed by atoms with Gasteiger partial charge in [-0.25, -0.2) is 17.6 Å². The molecule has 0 atom stereocenters. The zero-order valence-electron chi connectivity index (χ0n) is 9.41. The average molecular weight is 270 g/mol. The van der Waals surface area contributed by atoms with E-state index < -0.39 is 49.7 Å². The Balaban J connectivity index is 3.63. The summed E-state index contributed by atoms with van der Waals surface area (Å²) in [6.07, 6.45) is 0. The Morgan fingerprint density at radius 1 is 0.562 bits per heavy atom. The zero-order valence-corrected chi connectivity index (χ0v) is 11.2. The summed E-state index contributed by atoms with van der Waals surface area (Å²) < 4.78 is 54.2. The van der Waals surface area contributed by atoms with Crippen molar-refractivity contribution in [3.63, 3.8) is 0 Å². The van der Waals surface area contributed by atoms with Crippen molar-refractivity contribution in [2.75, 3.05) is 26.7 Å². The summed E-state index contributed by atoms with van der Waals surface area (Å²) in [4.78, 5) is 0. The van der Waals surface area contributed by atoms with Gasteiger partial charge in [-0.1, -0.05) is 15.8 Å². The van der Waals surface area contributed by atoms with Crippen molar-refractivity contribution in [1.29, 1.82) is 0 Å². The third kappa shape index (κ3) is 2.24. The van der Waals surface area contributed by atoms with Gasteiger partial charge in [-0.05, 0) is 26.7 Å². The Kier molecular flexibility index (Phi) is 4.31. The van der Waals surface area contributed by atoms with Gasteiger partial charge in [0.2, 0.25) is 0 Å². The highest BCUT2D eigenvalue weighted by molar-refractivity contribution is 7.64. The molecule has 0 unspecified atom stereocenters. The molecule has 16 heavy (non-hydrogen) atoms. The molecule has 0 nitrogen and oxygen atoms in total. The second-order valence-corrected chi connectivity index (χ2v) is 8.21. The molecule has 0 aromatic heterocycles. The van der Waals surface area contributed by atoms with Gasteiger partial charge in [0.25, 0.3) is 0 Å². The maximum absolute atomic E-state index is 13.6. The van der Waals surface area contributed by atoms with Crippen molar-refractivity contribution in [1.82, 2.24) is 0 Å². The quantitative estimate of drug-likeness (QED) is 0.440. The maximum Gasteiger partial charge on any atom is 0.170 e. The first-order valence-electron chi connectivity index (χ1n) is 4.49. The third-order valence-electron chi connectivity index (χ3n) is 2.11. The van der Waals surface area contributed by atoms with Crippen LogP contribution < -0.4 is 10.6 Å². The molecular formula is C10H12F4P2. The van der Waals surface area contributed by atoms with Crippen molar-refractivity contribution in [3.8, 4) is 0 Å². The molecule has 0 bridgehead atoms. The monoisotopic (exact) mass is 270 g/mol. The van der Waals surface area contributed by atoms with E-state index in [-0.39, 0.29) is 0 Å². The maximum atomic E-state index is 13.6. The summed E-state index contributed by atoms with van der Waals surface area (Å²) >= 11 is 0. The predicted molar refractivity (Wildman–Crippen MR) is 63.1 cm³/mol. The van der Waals surface area contributed by atoms with E-state index in [1.165, 1.54) is 0 Å². The molecule has 0 saturated carbocycles. The van der Waals surface area contributed by atoms with Crippen LogP contribution in [-0.2, 0) is 0 Å². The van der Waals surface area contributed by atoms with Crippen LogP contribution in [0.3, 0.4) is 0 Å². The van der Waals surface area contributed by atoms with Gasteiger partial charge in [0.15, 0.2) is 23.3 Å². The number of benzene rings is 1. The standard InChI is InChI=1S/C10H12F4P2/c1-15(2)9-5(11)7(13)10(16(3)4)8(14)6(9)12/h1-4H3. The third-order valence-corrected chi connectivity index (χ3v) is 4.69. The van der Waals surface area contributed by atoms with Crippen LogP contribution in [0.4, 0.5) is 17.6 Å². The summed E-state index contributed by atoms with van der Waals surface area (Å²) in [5.41, 5.74) is 0. The van der Waals surface area contributed by atoms with Crippen molar-refractivity contribution in [3.05, 3.63) is 23.3 Å². The molecule has 0 saturated heterocycles. The van der Waals surface area contributed by atoms with E-state index in [2.05, 4.69) is 0 Å². The van der Waals surface area contributed by atoms with E-state index in [9.17, 15) is 17.6 Å². The fourth-order valence-corrected chi connectivity index (χ4v) is 3.36. The van der Waals surface area contributed by atoms with Crippen LogP contribution >= 0.6 is 15.8 Å². The van der Waals surface area contributed by atoms with Crippen molar-refractivity contribution >= 4 is 26.5 Å². The lowest BCUT2D eigenvalue weighted by Crippen LogP contribution is -2.26. The van der Waals surface area contributed by atoms with E-state index in [0.29, 0.717) is 0 Å². The van der Waals surface area contributed by atoms with Crippen LogP contribution in [0.5, 0.6) is 0 Å². The molecule has 0 radical (unpaired) electrons. The number of rotatable bonds is 2. The van der Waals surface area contributed by atoms with Crippen molar-refractivity contribution in [2.24, 2.45) is 0 Å². The molecule has 0 spiro atoms. The van der Waals surface area contributed by atoms with Gasteiger partial charge >= 0.3 is 0 Å². The fourth-order valence-electron chi connectivity index (χ4n) is 1.39. The highest BCUT2D eigenvalue weighted by Crippen LogP contribution is 2.33. The second-order valence-electron chi connectivity index (χ2n) is 3.74. The molecule has 0 aliphatic carbocycles. The Bertz CT molecular complexity index is 348. The van der Waals surface area contributed by atoms with E-state index in [0.717, 1.165) is 0 Å². The SMILES string of the molecule is CP(C)c1c(F)c(F)c(P(C)C)c(F)c1F. The van der Waals surface area contributed by atoms with Gasteiger partial charge in [0.05, 0.1) is 10.6 Å². The number of hydrogen-bond donors (Lipinski definition) is 0. The van der Waals surface area contributed by atoms with Gasteiger partial charge in [0, 0.05) is 0 Å². The molecule has 0 aliphatic rings. The molecule has 0 heterocycles. The van der Waals surface area contributed by atoms with Gasteiger partial charge in [-0.2, -0.15) is 0 Å². The average Bonchev–Trinajstić information content (AvgIpc) is 2.14. The van der Waals surface area contributed by atoms with Crippen LogP contribution in [0.1, 0.15) is 0 Å². The summed E-state index contributed by atoms with van der Waals surface area (Å²) in [6.45, 7) is 6.21. The van der Waals surface area contributed by atoms with Gasteiger partial charge in [-0.15, -0.1) is 0 Å². The molecule has 0 amide bonds. The Hall–Kier alpha value is -0.200. The van der Waals surface area contributed by atoms with Gasteiger partial charge in [0.1, 0.15) is 0 Å². The second kappa shape index (κ2) is 4.98. The summed E-state index contributed by atoms with van der Waals surface area (Å²) in [7, 11) is -2.45. The normalized spacial score (nSPS) is 11.6. The molecule has 6 heteroatoms. The largest absolute Gasteiger partial charge is 0.203 e. The van der Waals surface area contributed by atoms with Crippen LogP contribution in [0.25, 0.3) is 0 Å². The first-order valence-corrected chi connectivity index (χ1v) is 8.96. The van der Waals surface area contributed by atoms with Crippen LogP contribution in [-0.4, -0.2) is 26.7 Å². The molecule has 0 aliphatic heterocycles. The molecular weight excluding hydrogens is 258 g/mol. The van der Waals surface area contributed by atoms with E-state index in [1.54, 1.807) is 26.7 Å². The Morgan fingerprint density at radius 3 is 0.875 bits per heavy atom. The summed E-state index contributed by atoms with van der Waals surface area (Å²) in [5.74, 6) is -4.94. The van der Waals surface area contributed by atoms with E-state index >= 15 is 0 Å². The zero-order chi connectivity index (χ0) is 12.6. The molecule has 0 N–H and O–H groups in total. The lowest BCUT2D eigenvalue weighted by atomic mass is 10.3. The van der Waals surface area contributed by atoms with Crippen molar-refractivity contribution in [2.45, 2.75) is 0 Å². The van der Waals surface area contributed by atoms with Gasteiger partial charge in [-0.3, -0.25) is 0 Å². The predicted octanol–water partition coefficient (Wildman–Crippen LogP) is 2.98. The molecule has 1 rings (SSSR count). The minimum absolute atomic E-state index is 0.453. The van der Waals surface area contributed by atoms with Crippen LogP contribution in [0.2, 0.25) is 0 Å². The highest BCUT2D eigenvalue weighted by Gasteiger charge is 2.27. The lowest BCUT2D eigenvalue weighted by molar-refractivity contribution is 0.473. The van der Waals surface area contributed by atoms with Gasteiger partial charge < -0.3 is 0 Å². The lowest BCUT2D eigenvalue weighted by Gasteiger charge is -2.16. The van der Waals surface area contributed by atoms with Crippen molar-refractivity contribution < 1.29 is 17.6 Å². The first-order chi connectivity index (χ1) is 7.29. The summed E-state index contributed by atoms with van der Waals surface area (Å²) in [5, 5.41) is -0.906. The van der Waals surface area contributed by atoms with E-state index in [1.807, 2.05) is 0 Å². The highest BCUT2D eigenvalue weighted by atomic mass is 31.1. The number of halogens is 4. The van der Waals surface area contributed by atoms with Crippen LogP contribution in [0, 0.1) is 23.3 Å². The van der Waals surface area contributed by atoms with E-state index in [4.69, 9.17) is 0 Å². The molecule has 1 aromatic rings. The molecule has 0 fully saturated rings. The molecule has 90 valence electrons. The Labute approximate surface area is 94.6 Å². The smallest absolute Gasteiger partial charge is 0.170 e. The summed E-state index contributed by atoms with van der Waals surface area (Å²) in [6, 6.07) is 0. The first kappa shape index (κ1) is 13.9. The number of hydrogen-bond acceptors (Lipinski definition) is 0. The minimum atomic E-state index is -1.23. The van der Waals surface area contributed by atoms with Crippen LogP contribution in [0.15, 0.2) is 0 Å². The Morgan fingerprint density at radius 2 is 0.750 bits per heavy atom. The fraction of sp³-hybridized carbons (Fsp3) is 0.400. The minimum Gasteiger partial charge on any atom is -0.203 e.